The van der Waals surface area contributed by atoms with E-state index in [-0.39, 0.29) is 5.92 Å². The number of para-hydroxylation sites is 1. The molecule has 0 radical (unpaired) electrons. The SMILES string of the molecule is O=C(O)NC[C@@H]1CCOc2c(-c3ccncc3)cccc21. The Labute approximate surface area is 122 Å². The first kappa shape index (κ1) is 13.4. The molecule has 1 atom stereocenters. The number of fused-ring (bicyclic) bond motifs is 1. The highest BCUT2D eigenvalue weighted by atomic mass is 16.5. The van der Waals surface area contributed by atoms with Crippen LogP contribution in [-0.2, 0) is 0 Å². The molecule has 0 spiro atoms. The molecule has 3 rings (SSSR count). The fourth-order valence-corrected chi connectivity index (χ4v) is 2.68. The molecule has 5 heteroatoms. The van der Waals surface area contributed by atoms with Gasteiger partial charge in [0.15, 0.2) is 0 Å². The molecule has 0 saturated carbocycles. The van der Waals surface area contributed by atoms with Crippen molar-refractivity contribution in [3.63, 3.8) is 0 Å². The second kappa shape index (κ2) is 5.83. The molecule has 5 nitrogen and oxygen atoms in total. The number of benzene rings is 1. The third-order valence-electron chi connectivity index (χ3n) is 3.69. The van der Waals surface area contributed by atoms with Gasteiger partial charge >= 0.3 is 6.09 Å². The average Bonchev–Trinajstić information content (AvgIpc) is 2.53. The molecule has 1 aromatic heterocycles. The van der Waals surface area contributed by atoms with E-state index in [9.17, 15) is 4.79 Å². The number of nitrogens with one attached hydrogen (secondary N) is 1. The van der Waals surface area contributed by atoms with Crippen molar-refractivity contribution >= 4 is 6.09 Å². The number of hydrogen-bond acceptors (Lipinski definition) is 3. The summed E-state index contributed by atoms with van der Waals surface area (Å²) in [5, 5.41) is 11.2. The summed E-state index contributed by atoms with van der Waals surface area (Å²) in [5.74, 6) is 0.999. The van der Waals surface area contributed by atoms with Gasteiger partial charge in [0.05, 0.1) is 6.61 Å². The molecule has 1 aliphatic rings. The number of aromatic nitrogens is 1. The van der Waals surface area contributed by atoms with Gasteiger partial charge in [-0.05, 0) is 29.7 Å². The quantitative estimate of drug-likeness (QED) is 0.909. The molecule has 0 aliphatic carbocycles. The molecule has 1 aliphatic heterocycles. The number of rotatable bonds is 3. The molecule has 0 unspecified atom stereocenters. The van der Waals surface area contributed by atoms with E-state index in [2.05, 4.69) is 10.3 Å². The molecular formula is C16H16N2O3. The summed E-state index contributed by atoms with van der Waals surface area (Å²) in [6, 6.07) is 9.89. The smallest absolute Gasteiger partial charge is 0.404 e. The van der Waals surface area contributed by atoms with Crippen molar-refractivity contribution in [1.82, 2.24) is 10.3 Å². The zero-order valence-corrected chi connectivity index (χ0v) is 11.5. The van der Waals surface area contributed by atoms with E-state index in [0.29, 0.717) is 13.2 Å². The van der Waals surface area contributed by atoms with Gasteiger partial charge < -0.3 is 15.2 Å². The Balaban J connectivity index is 1.96. The van der Waals surface area contributed by atoms with Crippen LogP contribution in [0.2, 0.25) is 0 Å². The van der Waals surface area contributed by atoms with E-state index in [4.69, 9.17) is 9.84 Å². The Bertz CT molecular complexity index is 643. The second-order valence-electron chi connectivity index (χ2n) is 4.98. The summed E-state index contributed by atoms with van der Waals surface area (Å²) in [5.41, 5.74) is 3.13. The minimum Gasteiger partial charge on any atom is -0.493 e. The van der Waals surface area contributed by atoms with Gasteiger partial charge in [-0.15, -0.1) is 0 Å². The monoisotopic (exact) mass is 284 g/mol. The summed E-state index contributed by atoms with van der Waals surface area (Å²) in [6.07, 6.45) is 3.32. The van der Waals surface area contributed by atoms with Gasteiger partial charge in [0.25, 0.3) is 0 Å². The highest BCUT2D eigenvalue weighted by Gasteiger charge is 2.24. The molecule has 2 heterocycles. The third kappa shape index (κ3) is 2.81. The standard InChI is InChI=1S/C16H16N2O3/c19-16(20)18-10-12-6-9-21-15-13(2-1-3-14(12)15)11-4-7-17-8-5-11/h1-5,7-8,12,18H,6,9-10H2,(H,19,20)/t12-/m0/s1. The lowest BCUT2D eigenvalue weighted by atomic mass is 9.90. The number of ether oxygens (including phenoxy) is 1. The van der Waals surface area contributed by atoms with Gasteiger partial charge in [-0.1, -0.05) is 18.2 Å². The Kier molecular flexibility index (Phi) is 3.73. The molecule has 0 bridgehead atoms. The Morgan fingerprint density at radius 1 is 1.33 bits per heavy atom. The normalized spacial score (nSPS) is 16.7. The summed E-state index contributed by atoms with van der Waals surface area (Å²) in [6.45, 7) is 1.01. The minimum atomic E-state index is -0.992. The van der Waals surface area contributed by atoms with Crippen LogP contribution in [0.1, 0.15) is 17.9 Å². The highest BCUT2D eigenvalue weighted by Crippen LogP contribution is 2.40. The molecule has 21 heavy (non-hydrogen) atoms. The first-order valence-corrected chi connectivity index (χ1v) is 6.88. The lowest BCUT2D eigenvalue weighted by molar-refractivity contribution is 0.191. The molecule has 108 valence electrons. The maximum atomic E-state index is 10.7. The van der Waals surface area contributed by atoms with Crippen LogP contribution in [0, 0.1) is 0 Å². The number of hydrogen-bond donors (Lipinski definition) is 2. The van der Waals surface area contributed by atoms with Gasteiger partial charge in [0, 0.05) is 30.4 Å². The predicted molar refractivity (Wildman–Crippen MR) is 78.6 cm³/mol. The van der Waals surface area contributed by atoms with Crippen molar-refractivity contribution in [2.75, 3.05) is 13.2 Å². The summed E-state index contributed by atoms with van der Waals surface area (Å²) < 4.78 is 5.85. The lowest BCUT2D eigenvalue weighted by Crippen LogP contribution is -2.29. The first-order valence-electron chi connectivity index (χ1n) is 6.88. The fraction of sp³-hybridized carbons (Fsp3) is 0.250. The van der Waals surface area contributed by atoms with Crippen LogP contribution >= 0.6 is 0 Å². The Morgan fingerprint density at radius 3 is 2.90 bits per heavy atom. The zero-order valence-electron chi connectivity index (χ0n) is 11.5. The van der Waals surface area contributed by atoms with Crippen molar-refractivity contribution in [2.24, 2.45) is 0 Å². The molecule has 0 saturated heterocycles. The van der Waals surface area contributed by atoms with Crippen molar-refractivity contribution in [1.29, 1.82) is 0 Å². The molecule has 0 fully saturated rings. The molecule has 2 N–H and O–H groups in total. The Hall–Kier alpha value is -2.56. The van der Waals surface area contributed by atoms with Crippen LogP contribution in [0.3, 0.4) is 0 Å². The first-order chi connectivity index (χ1) is 10.3. The third-order valence-corrected chi connectivity index (χ3v) is 3.69. The molecular weight excluding hydrogens is 268 g/mol. The van der Waals surface area contributed by atoms with Crippen LogP contribution in [0.25, 0.3) is 11.1 Å². The number of amides is 1. The predicted octanol–water partition coefficient (Wildman–Crippen LogP) is 2.88. The molecule has 2 aromatic rings. The lowest BCUT2D eigenvalue weighted by Gasteiger charge is -2.27. The second-order valence-corrected chi connectivity index (χ2v) is 4.98. The van der Waals surface area contributed by atoms with Crippen LogP contribution in [-0.4, -0.2) is 29.3 Å². The van der Waals surface area contributed by atoms with E-state index < -0.39 is 6.09 Å². The number of nitrogens with zero attached hydrogens (tertiary/aromatic N) is 1. The van der Waals surface area contributed by atoms with Crippen LogP contribution < -0.4 is 10.1 Å². The van der Waals surface area contributed by atoms with Crippen LogP contribution in [0.5, 0.6) is 5.75 Å². The molecule has 1 amide bonds. The summed E-state index contributed by atoms with van der Waals surface area (Å²) in [4.78, 5) is 14.7. The maximum absolute atomic E-state index is 10.7. The van der Waals surface area contributed by atoms with Crippen LogP contribution in [0.15, 0.2) is 42.7 Å². The van der Waals surface area contributed by atoms with Gasteiger partial charge in [-0.25, -0.2) is 4.79 Å². The molecule has 1 aromatic carbocycles. The average molecular weight is 284 g/mol. The van der Waals surface area contributed by atoms with Crippen molar-refractivity contribution in [3.05, 3.63) is 48.3 Å². The van der Waals surface area contributed by atoms with Gasteiger partial charge in [0.2, 0.25) is 0 Å². The number of carboxylic acid groups (broad SMARTS) is 1. The summed E-state index contributed by atoms with van der Waals surface area (Å²) in [7, 11) is 0. The summed E-state index contributed by atoms with van der Waals surface area (Å²) >= 11 is 0. The largest absolute Gasteiger partial charge is 0.493 e. The van der Waals surface area contributed by atoms with Crippen LogP contribution in [0.4, 0.5) is 4.79 Å². The van der Waals surface area contributed by atoms with E-state index in [1.165, 1.54) is 0 Å². The van der Waals surface area contributed by atoms with Gasteiger partial charge in [-0.3, -0.25) is 4.98 Å². The highest BCUT2D eigenvalue weighted by molar-refractivity contribution is 5.72. The van der Waals surface area contributed by atoms with E-state index >= 15 is 0 Å². The van der Waals surface area contributed by atoms with Crippen molar-refractivity contribution < 1.29 is 14.6 Å². The van der Waals surface area contributed by atoms with E-state index in [0.717, 1.165) is 28.9 Å². The maximum Gasteiger partial charge on any atom is 0.404 e. The van der Waals surface area contributed by atoms with Gasteiger partial charge in [-0.2, -0.15) is 0 Å². The van der Waals surface area contributed by atoms with E-state index in [1.807, 2.05) is 30.3 Å². The Morgan fingerprint density at radius 2 is 2.14 bits per heavy atom. The minimum absolute atomic E-state index is 0.145. The number of pyridine rings is 1. The van der Waals surface area contributed by atoms with Crippen molar-refractivity contribution in [2.45, 2.75) is 12.3 Å². The zero-order chi connectivity index (χ0) is 14.7. The fourth-order valence-electron chi connectivity index (χ4n) is 2.68. The van der Waals surface area contributed by atoms with Gasteiger partial charge in [0.1, 0.15) is 5.75 Å². The van der Waals surface area contributed by atoms with E-state index in [1.54, 1.807) is 12.4 Å². The topological polar surface area (TPSA) is 71.5 Å². The van der Waals surface area contributed by atoms with Crippen molar-refractivity contribution in [3.8, 4) is 16.9 Å². The number of carbonyl (C=O) groups is 1.